The van der Waals surface area contributed by atoms with E-state index in [-0.39, 0.29) is 0 Å². The fourth-order valence-electron chi connectivity index (χ4n) is 3.23. The number of piperidine rings is 1. The van der Waals surface area contributed by atoms with Gasteiger partial charge in [0.15, 0.2) is 5.82 Å². The third kappa shape index (κ3) is 3.95. The lowest BCUT2D eigenvalue weighted by atomic mass is 9.91. The first-order valence-corrected chi connectivity index (χ1v) is 9.33. The van der Waals surface area contributed by atoms with Crippen LogP contribution in [-0.4, -0.2) is 48.2 Å². The molecule has 0 amide bonds. The summed E-state index contributed by atoms with van der Waals surface area (Å²) in [7, 11) is 0. The van der Waals surface area contributed by atoms with E-state index in [2.05, 4.69) is 19.9 Å². The fraction of sp³-hybridized carbons (Fsp3) is 0.389. The van der Waals surface area contributed by atoms with Crippen molar-refractivity contribution >= 4 is 11.3 Å². The minimum atomic E-state index is -0.642. The third-order valence-electron chi connectivity index (χ3n) is 4.68. The Morgan fingerprint density at radius 3 is 2.64 bits per heavy atom. The maximum atomic E-state index is 10.8. The predicted molar refractivity (Wildman–Crippen MR) is 97.0 cm³/mol. The van der Waals surface area contributed by atoms with E-state index in [0.717, 1.165) is 48.7 Å². The van der Waals surface area contributed by atoms with Gasteiger partial charge >= 0.3 is 0 Å². The predicted octanol–water partition coefficient (Wildman–Crippen LogP) is 2.43. The number of likely N-dealkylation sites (tertiary alicyclic amines) is 1. The summed E-state index contributed by atoms with van der Waals surface area (Å²) in [6.07, 6.45) is 10.8. The summed E-state index contributed by atoms with van der Waals surface area (Å²) < 4.78 is 1.95. The second kappa shape index (κ2) is 7.03. The number of rotatable bonds is 5. The molecule has 0 radical (unpaired) electrons. The van der Waals surface area contributed by atoms with E-state index in [1.165, 1.54) is 0 Å². The van der Waals surface area contributed by atoms with Gasteiger partial charge in [0.1, 0.15) is 0 Å². The number of hydrogen-bond acceptors (Lipinski definition) is 6. The molecule has 0 aromatic carbocycles. The molecular weight excluding hydrogens is 334 g/mol. The van der Waals surface area contributed by atoms with E-state index in [0.29, 0.717) is 6.54 Å². The molecule has 130 valence electrons. The molecule has 4 heterocycles. The summed E-state index contributed by atoms with van der Waals surface area (Å²) in [6.45, 7) is 3.18. The molecule has 3 aromatic rings. The van der Waals surface area contributed by atoms with E-state index in [1.54, 1.807) is 23.9 Å². The highest BCUT2D eigenvalue weighted by Gasteiger charge is 2.32. The van der Waals surface area contributed by atoms with Gasteiger partial charge in [0, 0.05) is 50.0 Å². The molecule has 6 nitrogen and oxygen atoms in total. The van der Waals surface area contributed by atoms with Crippen molar-refractivity contribution in [2.24, 2.45) is 0 Å². The van der Waals surface area contributed by atoms with E-state index in [9.17, 15) is 5.11 Å². The summed E-state index contributed by atoms with van der Waals surface area (Å²) in [6, 6.07) is 4.04. The molecule has 25 heavy (non-hydrogen) atoms. The fourth-order valence-corrected chi connectivity index (χ4v) is 3.90. The Balaban J connectivity index is 1.32. The Labute approximate surface area is 150 Å². The minimum Gasteiger partial charge on any atom is -0.388 e. The molecule has 1 saturated heterocycles. The largest absolute Gasteiger partial charge is 0.388 e. The summed E-state index contributed by atoms with van der Waals surface area (Å²) in [5.74, 6) is 0.784. The molecule has 7 heteroatoms. The zero-order valence-corrected chi connectivity index (χ0v) is 14.8. The van der Waals surface area contributed by atoms with E-state index in [1.807, 2.05) is 40.7 Å². The van der Waals surface area contributed by atoms with Crippen molar-refractivity contribution in [3.8, 4) is 10.7 Å². The molecule has 1 fully saturated rings. The molecule has 1 aliphatic rings. The van der Waals surface area contributed by atoms with Gasteiger partial charge < -0.3 is 9.67 Å². The first-order chi connectivity index (χ1) is 12.2. The Bertz CT molecular complexity index is 778. The van der Waals surface area contributed by atoms with Gasteiger partial charge in [-0.15, -0.1) is 11.3 Å². The molecule has 0 saturated carbocycles. The van der Waals surface area contributed by atoms with Crippen LogP contribution in [0.15, 0.2) is 48.6 Å². The zero-order chi connectivity index (χ0) is 17.1. The van der Waals surface area contributed by atoms with Gasteiger partial charge in [-0.05, 0) is 24.3 Å². The Kier molecular flexibility index (Phi) is 4.61. The maximum absolute atomic E-state index is 10.8. The second-order valence-corrected chi connectivity index (χ2v) is 7.58. The highest BCUT2D eigenvalue weighted by molar-refractivity contribution is 7.13. The zero-order valence-electron chi connectivity index (χ0n) is 14.0. The van der Waals surface area contributed by atoms with E-state index < -0.39 is 5.60 Å². The maximum Gasteiger partial charge on any atom is 0.169 e. The van der Waals surface area contributed by atoms with Crippen LogP contribution in [-0.2, 0) is 13.1 Å². The normalized spacial score (nSPS) is 17.6. The molecule has 0 unspecified atom stereocenters. The van der Waals surface area contributed by atoms with E-state index >= 15 is 0 Å². The summed E-state index contributed by atoms with van der Waals surface area (Å²) in [5.41, 5.74) is 0.469. The molecule has 3 aromatic heterocycles. The van der Waals surface area contributed by atoms with Gasteiger partial charge in [0.2, 0.25) is 0 Å². The van der Waals surface area contributed by atoms with Gasteiger partial charge in [-0.3, -0.25) is 4.90 Å². The SMILES string of the molecule is OC1(Cn2ccnc2)CCN(Cc2cnc(-c3cccs3)nc2)CC1. The van der Waals surface area contributed by atoms with Crippen molar-refractivity contribution in [2.75, 3.05) is 13.1 Å². The van der Waals surface area contributed by atoms with Crippen molar-refractivity contribution in [3.05, 3.63) is 54.2 Å². The van der Waals surface area contributed by atoms with Crippen LogP contribution in [0.25, 0.3) is 10.7 Å². The molecule has 0 bridgehead atoms. The number of hydrogen-bond donors (Lipinski definition) is 1. The van der Waals surface area contributed by atoms with E-state index in [4.69, 9.17) is 0 Å². The Morgan fingerprint density at radius 2 is 2.00 bits per heavy atom. The van der Waals surface area contributed by atoms with Crippen LogP contribution in [0.1, 0.15) is 18.4 Å². The highest BCUT2D eigenvalue weighted by atomic mass is 32.1. The third-order valence-corrected chi connectivity index (χ3v) is 5.54. The van der Waals surface area contributed by atoms with Gasteiger partial charge in [0.05, 0.1) is 23.4 Å². The molecule has 0 spiro atoms. The van der Waals surface area contributed by atoms with Gasteiger partial charge in [-0.25, -0.2) is 15.0 Å². The van der Waals surface area contributed by atoms with Crippen molar-refractivity contribution in [2.45, 2.75) is 31.5 Å². The van der Waals surface area contributed by atoms with Crippen LogP contribution in [0.2, 0.25) is 0 Å². The summed E-state index contributed by atoms with van der Waals surface area (Å²) in [4.78, 5) is 16.4. The monoisotopic (exact) mass is 355 g/mol. The summed E-state index contributed by atoms with van der Waals surface area (Å²) in [5, 5.41) is 12.8. The standard InChI is InChI=1S/C18H21N5OS/c24-18(13-23-8-5-19-14-23)3-6-22(7-4-18)12-15-10-20-17(21-11-15)16-2-1-9-25-16/h1-2,5,8-11,14,24H,3-4,6-7,12-13H2. The van der Waals surface area contributed by atoms with Crippen molar-refractivity contribution in [1.82, 2.24) is 24.4 Å². The molecule has 0 aliphatic carbocycles. The minimum absolute atomic E-state index is 0.611. The number of nitrogens with zero attached hydrogens (tertiary/aromatic N) is 5. The average Bonchev–Trinajstić information content (AvgIpc) is 3.32. The Morgan fingerprint density at radius 1 is 1.20 bits per heavy atom. The van der Waals surface area contributed by atoms with Crippen LogP contribution in [0, 0.1) is 0 Å². The van der Waals surface area contributed by atoms with Gasteiger partial charge in [0.25, 0.3) is 0 Å². The van der Waals surface area contributed by atoms with Crippen molar-refractivity contribution < 1.29 is 5.11 Å². The van der Waals surface area contributed by atoms with Crippen LogP contribution in [0.5, 0.6) is 0 Å². The Hall–Kier alpha value is -2.09. The molecule has 1 N–H and O–H groups in total. The average molecular weight is 355 g/mol. The highest BCUT2D eigenvalue weighted by Crippen LogP contribution is 2.25. The van der Waals surface area contributed by atoms with Crippen LogP contribution < -0.4 is 0 Å². The smallest absolute Gasteiger partial charge is 0.169 e. The number of imidazole rings is 1. The summed E-state index contributed by atoms with van der Waals surface area (Å²) >= 11 is 1.65. The quantitative estimate of drug-likeness (QED) is 0.761. The van der Waals surface area contributed by atoms with Gasteiger partial charge in [-0.2, -0.15) is 0 Å². The van der Waals surface area contributed by atoms with Crippen molar-refractivity contribution in [1.29, 1.82) is 0 Å². The molecular formula is C18H21N5OS. The molecule has 1 aliphatic heterocycles. The van der Waals surface area contributed by atoms with Crippen LogP contribution in [0.4, 0.5) is 0 Å². The lowest BCUT2D eigenvalue weighted by Gasteiger charge is -2.38. The molecule has 0 atom stereocenters. The van der Waals surface area contributed by atoms with Crippen LogP contribution >= 0.6 is 11.3 Å². The second-order valence-electron chi connectivity index (χ2n) is 6.63. The number of thiophene rings is 1. The van der Waals surface area contributed by atoms with Crippen LogP contribution in [0.3, 0.4) is 0 Å². The first-order valence-electron chi connectivity index (χ1n) is 8.45. The number of aliphatic hydroxyl groups is 1. The van der Waals surface area contributed by atoms with Gasteiger partial charge in [-0.1, -0.05) is 6.07 Å². The molecule has 4 rings (SSSR count). The first kappa shape index (κ1) is 16.4. The van der Waals surface area contributed by atoms with Crippen molar-refractivity contribution in [3.63, 3.8) is 0 Å². The lowest BCUT2D eigenvalue weighted by molar-refractivity contribution is -0.0358. The topological polar surface area (TPSA) is 67.1 Å². The lowest BCUT2D eigenvalue weighted by Crippen LogP contribution is -2.46. The number of aromatic nitrogens is 4.